The van der Waals surface area contributed by atoms with Crippen molar-refractivity contribution in [2.75, 3.05) is 6.54 Å². The molecule has 1 amide bonds. The van der Waals surface area contributed by atoms with E-state index in [1.54, 1.807) is 4.57 Å². The first-order valence-corrected chi connectivity index (χ1v) is 12.7. The molecule has 4 heterocycles. The van der Waals surface area contributed by atoms with Crippen molar-refractivity contribution in [2.45, 2.75) is 45.2 Å². The van der Waals surface area contributed by atoms with Gasteiger partial charge in [-0.15, -0.1) is 22.7 Å². The fraction of sp³-hybridized carbons (Fsp3) is 0.348. The number of thiazole rings is 1. The molecular weight excluding hydrogens is 446 g/mol. The summed E-state index contributed by atoms with van der Waals surface area (Å²) in [6.45, 7) is 2.94. The van der Waals surface area contributed by atoms with Gasteiger partial charge in [-0.25, -0.2) is 0 Å². The van der Waals surface area contributed by atoms with E-state index in [1.807, 2.05) is 51.1 Å². The fourth-order valence-corrected chi connectivity index (χ4v) is 6.84. The first-order chi connectivity index (χ1) is 15.1. The summed E-state index contributed by atoms with van der Waals surface area (Å²) in [4.78, 5) is 29.8. The molecule has 1 atom stereocenters. The molecule has 5 rings (SSSR count). The van der Waals surface area contributed by atoms with E-state index >= 15 is 0 Å². The third-order valence-electron chi connectivity index (χ3n) is 6.12. The summed E-state index contributed by atoms with van der Waals surface area (Å²) in [5.74, 6) is 0.0163. The molecule has 31 heavy (non-hydrogen) atoms. The highest BCUT2D eigenvalue weighted by Gasteiger charge is 2.27. The van der Waals surface area contributed by atoms with Crippen LogP contribution in [0.3, 0.4) is 0 Å². The summed E-state index contributed by atoms with van der Waals surface area (Å²) in [5, 5.41) is 1.91. The van der Waals surface area contributed by atoms with Gasteiger partial charge in [0.1, 0.15) is 16.9 Å². The van der Waals surface area contributed by atoms with Crippen molar-refractivity contribution in [1.29, 1.82) is 0 Å². The van der Waals surface area contributed by atoms with Crippen LogP contribution in [-0.4, -0.2) is 32.4 Å². The van der Waals surface area contributed by atoms with E-state index < -0.39 is 0 Å². The monoisotopic (exact) mass is 469 g/mol. The van der Waals surface area contributed by atoms with Crippen LogP contribution < -0.4 is 5.56 Å². The molecule has 0 bridgehead atoms. The van der Waals surface area contributed by atoms with Gasteiger partial charge < -0.3 is 4.90 Å². The van der Waals surface area contributed by atoms with Gasteiger partial charge in [-0.2, -0.15) is 0 Å². The second kappa shape index (κ2) is 8.33. The van der Waals surface area contributed by atoms with Crippen LogP contribution >= 0.6 is 34.9 Å². The molecule has 8 heteroatoms. The molecule has 1 saturated heterocycles. The Kier molecular flexibility index (Phi) is 5.54. The van der Waals surface area contributed by atoms with E-state index in [4.69, 9.17) is 12.2 Å². The Hall–Kier alpha value is -2.29. The van der Waals surface area contributed by atoms with E-state index in [0.717, 1.165) is 53.8 Å². The number of likely N-dealkylation sites (tertiary alicyclic amines) is 1. The molecular formula is C23H23N3O2S3. The number of benzene rings is 1. The topological polar surface area (TPSA) is 46.7 Å². The van der Waals surface area contributed by atoms with Crippen molar-refractivity contribution in [3.05, 3.63) is 56.1 Å². The van der Waals surface area contributed by atoms with Crippen LogP contribution in [0.2, 0.25) is 0 Å². The van der Waals surface area contributed by atoms with Gasteiger partial charge in [0.05, 0.1) is 10.4 Å². The summed E-state index contributed by atoms with van der Waals surface area (Å²) >= 11 is 8.61. The average molecular weight is 470 g/mol. The Labute approximate surface area is 193 Å². The van der Waals surface area contributed by atoms with Crippen LogP contribution in [0.15, 0.2) is 46.6 Å². The summed E-state index contributed by atoms with van der Waals surface area (Å²) in [5.41, 5.74) is 2.42. The molecule has 1 aliphatic rings. The lowest BCUT2D eigenvalue weighted by molar-refractivity contribution is -0.135. The zero-order valence-electron chi connectivity index (χ0n) is 17.2. The molecule has 0 radical (unpaired) electrons. The predicted octanol–water partition coefficient (Wildman–Crippen LogP) is 5.56. The Morgan fingerprint density at radius 1 is 1.19 bits per heavy atom. The molecule has 1 fully saturated rings. The van der Waals surface area contributed by atoms with Gasteiger partial charge in [-0.05, 0) is 54.9 Å². The molecule has 0 spiro atoms. The molecule has 3 aromatic heterocycles. The Bertz CT molecular complexity index is 1380. The fourth-order valence-electron chi connectivity index (χ4n) is 4.58. The number of amides is 1. The second-order valence-electron chi connectivity index (χ2n) is 7.89. The minimum atomic E-state index is -0.117. The van der Waals surface area contributed by atoms with Crippen molar-refractivity contribution in [2.24, 2.45) is 0 Å². The van der Waals surface area contributed by atoms with E-state index in [0.29, 0.717) is 8.65 Å². The largest absolute Gasteiger partial charge is 0.338 e. The number of fused-ring (bicyclic) bond motifs is 3. The van der Waals surface area contributed by atoms with Gasteiger partial charge >= 0.3 is 0 Å². The quantitative estimate of drug-likeness (QED) is 0.367. The maximum absolute atomic E-state index is 13.5. The third-order valence-corrected chi connectivity index (χ3v) is 8.42. The van der Waals surface area contributed by atoms with Crippen molar-refractivity contribution >= 4 is 56.7 Å². The second-order valence-corrected chi connectivity index (χ2v) is 10.5. The lowest BCUT2D eigenvalue weighted by Crippen LogP contribution is -2.45. The number of hydrogen-bond donors (Lipinski definition) is 0. The maximum atomic E-state index is 13.5. The summed E-state index contributed by atoms with van der Waals surface area (Å²) in [6, 6.07) is 12.2. The van der Waals surface area contributed by atoms with Crippen LogP contribution in [0.4, 0.5) is 0 Å². The number of thiophene rings is 1. The molecule has 1 aromatic carbocycles. The highest BCUT2D eigenvalue weighted by Crippen LogP contribution is 2.34. The average Bonchev–Trinajstić information content (AvgIpc) is 3.42. The minimum Gasteiger partial charge on any atom is -0.338 e. The lowest BCUT2D eigenvalue weighted by Gasteiger charge is -2.35. The summed E-state index contributed by atoms with van der Waals surface area (Å²) in [6.07, 6.45) is 4.16. The molecule has 5 nitrogen and oxygen atoms in total. The molecule has 0 aliphatic carbocycles. The van der Waals surface area contributed by atoms with Crippen molar-refractivity contribution in [1.82, 2.24) is 13.9 Å². The molecule has 160 valence electrons. The molecule has 4 aromatic rings. The van der Waals surface area contributed by atoms with Crippen molar-refractivity contribution in [3.63, 3.8) is 0 Å². The zero-order chi connectivity index (χ0) is 21.5. The first-order valence-electron chi connectivity index (χ1n) is 10.6. The predicted molar refractivity (Wildman–Crippen MR) is 131 cm³/mol. The molecule has 1 unspecified atom stereocenters. The number of nitrogens with zero attached hydrogens (tertiary/aromatic N) is 3. The van der Waals surface area contributed by atoms with Crippen LogP contribution in [0.5, 0.6) is 0 Å². The van der Waals surface area contributed by atoms with Crippen LogP contribution in [-0.2, 0) is 11.3 Å². The highest BCUT2D eigenvalue weighted by molar-refractivity contribution is 7.73. The molecule has 1 aliphatic heterocycles. The van der Waals surface area contributed by atoms with Crippen LogP contribution in [0.25, 0.3) is 26.3 Å². The standard InChI is InChI=1S/C23H23N3O2S3/c1-2-16-10-6-7-12-24(16)18(27)14-25-21-19(15-8-4-3-5-9-15)31-23(29)26(21)17-11-13-30-20(17)22(25)28/h3-5,8-9,11,13,16H,2,6-7,10,12,14H2,1H3. The van der Waals surface area contributed by atoms with Gasteiger partial charge in [0.15, 0.2) is 3.95 Å². The molecule has 0 saturated carbocycles. The van der Waals surface area contributed by atoms with Gasteiger partial charge in [0.25, 0.3) is 5.56 Å². The van der Waals surface area contributed by atoms with Gasteiger partial charge in [-0.3, -0.25) is 18.6 Å². The van der Waals surface area contributed by atoms with E-state index in [1.165, 1.54) is 22.7 Å². The first kappa shape index (κ1) is 20.6. The Morgan fingerprint density at radius 2 is 2.00 bits per heavy atom. The van der Waals surface area contributed by atoms with Crippen LogP contribution in [0, 0.1) is 3.95 Å². The Morgan fingerprint density at radius 3 is 2.77 bits per heavy atom. The highest BCUT2D eigenvalue weighted by atomic mass is 32.1. The summed E-state index contributed by atoms with van der Waals surface area (Å²) in [7, 11) is 0. The van der Waals surface area contributed by atoms with Crippen LogP contribution in [0.1, 0.15) is 32.6 Å². The van der Waals surface area contributed by atoms with Crippen molar-refractivity contribution < 1.29 is 4.79 Å². The van der Waals surface area contributed by atoms with Gasteiger partial charge in [-0.1, -0.05) is 37.3 Å². The normalized spacial score (nSPS) is 16.9. The third kappa shape index (κ3) is 3.46. The Balaban J connectivity index is 1.73. The number of hydrogen-bond acceptors (Lipinski definition) is 5. The number of piperidine rings is 1. The number of carbonyl (C=O) groups is 1. The lowest BCUT2D eigenvalue weighted by atomic mass is 10.00. The summed E-state index contributed by atoms with van der Waals surface area (Å²) < 4.78 is 4.94. The van der Waals surface area contributed by atoms with E-state index in [2.05, 4.69) is 6.92 Å². The maximum Gasteiger partial charge on any atom is 0.272 e. The number of aromatic nitrogens is 2. The van der Waals surface area contributed by atoms with Crippen molar-refractivity contribution in [3.8, 4) is 10.4 Å². The van der Waals surface area contributed by atoms with E-state index in [9.17, 15) is 9.59 Å². The van der Waals surface area contributed by atoms with Gasteiger partial charge in [0, 0.05) is 12.6 Å². The SMILES string of the molecule is CCC1CCCCN1C(=O)Cn1c(=O)c2sccc2n2c(=S)sc(-c3ccccc3)c12. The number of rotatable bonds is 4. The smallest absolute Gasteiger partial charge is 0.272 e. The number of carbonyl (C=O) groups excluding carboxylic acids is 1. The minimum absolute atomic E-state index is 0.0163. The molecule has 0 N–H and O–H groups in total. The zero-order valence-corrected chi connectivity index (χ0v) is 19.7. The van der Waals surface area contributed by atoms with E-state index in [-0.39, 0.29) is 24.1 Å². The van der Waals surface area contributed by atoms with Gasteiger partial charge in [0.2, 0.25) is 5.91 Å².